The molecule has 0 atom stereocenters. The van der Waals surface area contributed by atoms with E-state index in [2.05, 4.69) is 5.16 Å². The Labute approximate surface area is 158 Å². The Bertz CT molecular complexity index is 1100. The fraction of sp³-hybridized carbons (Fsp3) is 0.0625. The van der Waals surface area contributed by atoms with Gasteiger partial charge in [0, 0.05) is 22.7 Å². The summed E-state index contributed by atoms with van der Waals surface area (Å²) in [5, 5.41) is 20.6. The van der Waals surface area contributed by atoms with Gasteiger partial charge in [0.1, 0.15) is 12.3 Å². The van der Waals surface area contributed by atoms with Crippen LogP contribution >= 0.6 is 11.6 Å². The summed E-state index contributed by atoms with van der Waals surface area (Å²) in [7, 11) is -4.07. The van der Waals surface area contributed by atoms with Crippen LogP contribution in [0.25, 0.3) is 11.3 Å². The van der Waals surface area contributed by atoms with Crippen LogP contribution in [0.2, 0.25) is 5.02 Å². The van der Waals surface area contributed by atoms with Crippen LogP contribution < -0.4 is 9.88 Å². The number of nitro groups is 1. The molecule has 0 aliphatic heterocycles. The molecule has 2 N–H and O–H groups in total. The van der Waals surface area contributed by atoms with E-state index in [1.54, 1.807) is 30.3 Å². The van der Waals surface area contributed by atoms with E-state index in [0.29, 0.717) is 16.5 Å². The van der Waals surface area contributed by atoms with Crippen molar-refractivity contribution in [2.75, 3.05) is 0 Å². The third kappa shape index (κ3) is 4.42. The van der Waals surface area contributed by atoms with Gasteiger partial charge < -0.3 is 9.26 Å². The minimum atomic E-state index is -4.07. The smallest absolute Gasteiger partial charge is 0.312 e. The summed E-state index contributed by atoms with van der Waals surface area (Å²) >= 11 is 5.84. The number of sulfonamides is 1. The maximum absolute atomic E-state index is 11.3. The van der Waals surface area contributed by atoms with Crippen molar-refractivity contribution in [2.24, 2.45) is 5.14 Å². The second-order valence-electron chi connectivity index (χ2n) is 5.41. The van der Waals surface area contributed by atoms with Crippen molar-refractivity contribution in [1.82, 2.24) is 5.16 Å². The Morgan fingerprint density at radius 3 is 2.52 bits per heavy atom. The van der Waals surface area contributed by atoms with Crippen molar-refractivity contribution in [2.45, 2.75) is 11.5 Å². The van der Waals surface area contributed by atoms with Crippen molar-refractivity contribution < 1.29 is 22.6 Å². The highest BCUT2D eigenvalue weighted by atomic mass is 35.5. The summed E-state index contributed by atoms with van der Waals surface area (Å²) in [6.45, 7) is -0.143. The summed E-state index contributed by atoms with van der Waals surface area (Å²) in [4.78, 5) is 10.0. The highest BCUT2D eigenvalue weighted by Gasteiger charge is 2.20. The molecular formula is C16H12ClN3O6S. The van der Waals surface area contributed by atoms with Crippen LogP contribution in [0, 0.1) is 10.1 Å². The van der Waals surface area contributed by atoms with E-state index in [-0.39, 0.29) is 17.3 Å². The average molecular weight is 410 g/mol. The molecule has 9 nitrogen and oxygen atoms in total. The van der Waals surface area contributed by atoms with Gasteiger partial charge in [-0.3, -0.25) is 10.1 Å². The maximum Gasteiger partial charge on any atom is 0.312 e. The van der Waals surface area contributed by atoms with Gasteiger partial charge in [0.15, 0.2) is 11.5 Å². The number of ether oxygens (including phenoxy) is 1. The van der Waals surface area contributed by atoms with Gasteiger partial charge >= 0.3 is 5.69 Å². The number of nitrogens with two attached hydrogens (primary N) is 1. The van der Waals surface area contributed by atoms with Gasteiger partial charge in [0.25, 0.3) is 0 Å². The third-order valence-electron chi connectivity index (χ3n) is 3.52. The molecule has 3 rings (SSSR count). The number of hydrogen-bond donors (Lipinski definition) is 1. The average Bonchev–Trinajstić information content (AvgIpc) is 3.08. The number of nitro benzene ring substituents is 1. The molecule has 27 heavy (non-hydrogen) atoms. The van der Waals surface area contributed by atoms with Gasteiger partial charge in [-0.25, -0.2) is 13.6 Å². The van der Waals surface area contributed by atoms with Crippen LogP contribution in [0.3, 0.4) is 0 Å². The maximum atomic E-state index is 11.3. The first-order chi connectivity index (χ1) is 12.7. The topological polar surface area (TPSA) is 139 Å². The number of nitrogens with zero attached hydrogens (tertiary/aromatic N) is 2. The van der Waals surface area contributed by atoms with E-state index in [9.17, 15) is 18.5 Å². The molecule has 1 aromatic heterocycles. The van der Waals surface area contributed by atoms with Crippen molar-refractivity contribution in [3.8, 4) is 17.0 Å². The van der Waals surface area contributed by atoms with Crippen molar-refractivity contribution in [3.63, 3.8) is 0 Å². The highest BCUT2D eigenvalue weighted by molar-refractivity contribution is 7.89. The van der Waals surface area contributed by atoms with Gasteiger partial charge in [0.05, 0.1) is 9.82 Å². The predicted octanol–water partition coefficient (Wildman–Crippen LogP) is 3.13. The Balaban J connectivity index is 1.79. The fourth-order valence-electron chi connectivity index (χ4n) is 2.23. The molecule has 0 amide bonds. The second-order valence-corrected chi connectivity index (χ2v) is 7.40. The molecule has 0 unspecified atom stereocenters. The van der Waals surface area contributed by atoms with E-state index >= 15 is 0 Å². The standard InChI is InChI=1S/C16H12ClN3O6S/c17-11-3-1-10(2-4-11)14-7-12(26-19-14)9-25-16-6-5-13(27(18,23)24)8-15(16)20(21)22/h1-8H,9H2,(H2,18,23,24). The summed E-state index contributed by atoms with van der Waals surface area (Å²) in [5.41, 5.74) is 0.793. The first kappa shape index (κ1) is 18.8. The molecule has 0 radical (unpaired) electrons. The Morgan fingerprint density at radius 1 is 1.19 bits per heavy atom. The number of rotatable bonds is 6. The third-order valence-corrected chi connectivity index (χ3v) is 4.69. The predicted molar refractivity (Wildman–Crippen MR) is 95.8 cm³/mol. The summed E-state index contributed by atoms with van der Waals surface area (Å²) in [6.07, 6.45) is 0. The van der Waals surface area contributed by atoms with E-state index in [1.165, 1.54) is 0 Å². The second kappa shape index (κ2) is 7.35. The molecule has 0 spiro atoms. The van der Waals surface area contributed by atoms with Crippen LogP contribution in [0.4, 0.5) is 5.69 Å². The Morgan fingerprint density at radius 2 is 1.89 bits per heavy atom. The van der Waals surface area contributed by atoms with E-state index < -0.39 is 20.6 Å². The zero-order valence-electron chi connectivity index (χ0n) is 13.5. The van der Waals surface area contributed by atoms with Gasteiger partial charge in [0.2, 0.25) is 10.0 Å². The number of hydrogen-bond acceptors (Lipinski definition) is 7. The number of benzene rings is 2. The van der Waals surface area contributed by atoms with E-state index in [4.69, 9.17) is 26.0 Å². The molecular weight excluding hydrogens is 398 g/mol. The molecule has 0 bridgehead atoms. The quantitative estimate of drug-likeness (QED) is 0.487. The lowest BCUT2D eigenvalue weighted by Crippen LogP contribution is -2.12. The molecule has 0 fully saturated rings. The SMILES string of the molecule is NS(=O)(=O)c1ccc(OCc2cc(-c3ccc(Cl)cc3)no2)c([N+](=O)[O-])c1. The van der Waals surface area contributed by atoms with Gasteiger partial charge in [-0.15, -0.1) is 0 Å². The van der Waals surface area contributed by atoms with Crippen LogP contribution in [0.1, 0.15) is 5.76 Å². The van der Waals surface area contributed by atoms with Gasteiger partial charge in [-0.1, -0.05) is 28.9 Å². The molecule has 2 aromatic carbocycles. The molecule has 0 aliphatic carbocycles. The molecule has 1 heterocycles. The number of aromatic nitrogens is 1. The summed E-state index contributed by atoms with van der Waals surface area (Å²) < 4.78 is 33.2. The van der Waals surface area contributed by atoms with Gasteiger partial charge in [-0.05, 0) is 24.3 Å². The lowest BCUT2D eigenvalue weighted by atomic mass is 10.1. The molecule has 3 aromatic rings. The minimum Gasteiger partial charge on any atom is -0.479 e. The highest BCUT2D eigenvalue weighted by Crippen LogP contribution is 2.30. The monoisotopic (exact) mass is 409 g/mol. The van der Waals surface area contributed by atoms with Crippen molar-refractivity contribution in [3.05, 3.63) is 69.4 Å². The fourth-order valence-corrected chi connectivity index (χ4v) is 2.89. The molecule has 0 saturated heterocycles. The molecule has 11 heteroatoms. The number of halogens is 1. The van der Waals surface area contributed by atoms with Crippen LogP contribution in [0.5, 0.6) is 5.75 Å². The lowest BCUT2D eigenvalue weighted by molar-refractivity contribution is -0.386. The van der Waals surface area contributed by atoms with Crippen molar-refractivity contribution in [1.29, 1.82) is 0 Å². The number of primary sulfonamides is 1. The normalized spacial score (nSPS) is 11.3. The molecule has 0 saturated carbocycles. The van der Waals surface area contributed by atoms with E-state index in [1.807, 2.05) is 0 Å². The lowest BCUT2D eigenvalue weighted by Gasteiger charge is -2.06. The summed E-state index contributed by atoms with van der Waals surface area (Å²) in [5.74, 6) is 0.196. The molecule has 140 valence electrons. The minimum absolute atomic E-state index is 0.128. The molecule has 0 aliphatic rings. The van der Waals surface area contributed by atoms with Gasteiger partial charge in [-0.2, -0.15) is 0 Å². The Hall–Kier alpha value is -2.95. The van der Waals surface area contributed by atoms with Crippen LogP contribution in [-0.4, -0.2) is 18.5 Å². The van der Waals surface area contributed by atoms with Crippen LogP contribution in [-0.2, 0) is 16.6 Å². The Kier molecular flexibility index (Phi) is 5.13. The first-order valence-corrected chi connectivity index (χ1v) is 9.32. The largest absolute Gasteiger partial charge is 0.479 e. The zero-order chi connectivity index (χ0) is 19.6. The van der Waals surface area contributed by atoms with Crippen molar-refractivity contribution >= 4 is 27.3 Å². The first-order valence-electron chi connectivity index (χ1n) is 7.39. The zero-order valence-corrected chi connectivity index (χ0v) is 15.1. The van der Waals surface area contributed by atoms with Crippen LogP contribution in [0.15, 0.2) is 57.9 Å². The van der Waals surface area contributed by atoms with E-state index in [0.717, 1.165) is 23.8 Å². The summed E-state index contributed by atoms with van der Waals surface area (Å²) in [6, 6.07) is 11.7.